The quantitative estimate of drug-likeness (QED) is 0.819. The zero-order chi connectivity index (χ0) is 15.2. The van der Waals surface area contributed by atoms with Crippen molar-refractivity contribution in [2.24, 2.45) is 0 Å². The van der Waals surface area contributed by atoms with Crippen LogP contribution in [0.4, 0.5) is 0 Å². The first kappa shape index (κ1) is 15.8. The maximum Gasteiger partial charge on any atom is 0.346 e. The van der Waals surface area contributed by atoms with Gasteiger partial charge in [0.15, 0.2) is 6.10 Å². The van der Waals surface area contributed by atoms with Gasteiger partial charge in [-0.3, -0.25) is 0 Å². The van der Waals surface area contributed by atoms with E-state index in [0.29, 0.717) is 6.04 Å². The maximum absolute atomic E-state index is 11.5. The predicted octanol–water partition coefficient (Wildman–Crippen LogP) is 3.00. The summed E-state index contributed by atoms with van der Waals surface area (Å²) in [7, 11) is 1.38. The van der Waals surface area contributed by atoms with E-state index in [9.17, 15) is 4.79 Å². The number of carbonyl (C=O) groups excluding carboxylic acids is 1. The molecule has 0 aromatic heterocycles. The largest absolute Gasteiger partial charge is 0.479 e. The van der Waals surface area contributed by atoms with E-state index in [1.165, 1.54) is 18.2 Å². The van der Waals surface area contributed by atoms with Gasteiger partial charge in [0, 0.05) is 6.04 Å². The highest BCUT2D eigenvalue weighted by Gasteiger charge is 2.24. The van der Waals surface area contributed by atoms with Crippen LogP contribution < -0.4 is 10.1 Å². The number of rotatable bonds is 6. The number of nitrogens with one attached hydrogen (secondary N) is 1. The van der Waals surface area contributed by atoms with Crippen molar-refractivity contribution in [1.29, 1.82) is 0 Å². The van der Waals surface area contributed by atoms with Crippen molar-refractivity contribution in [3.8, 4) is 5.75 Å². The van der Waals surface area contributed by atoms with Crippen LogP contribution in [0.3, 0.4) is 0 Å². The summed E-state index contributed by atoms with van der Waals surface area (Å²) in [6, 6.07) is 6.51. The molecule has 116 valence electrons. The van der Waals surface area contributed by atoms with Crippen LogP contribution in [-0.4, -0.2) is 25.7 Å². The lowest BCUT2D eigenvalue weighted by Crippen LogP contribution is -2.28. The van der Waals surface area contributed by atoms with Crippen molar-refractivity contribution in [2.75, 3.05) is 13.7 Å². The van der Waals surface area contributed by atoms with Gasteiger partial charge in [0.05, 0.1) is 7.11 Å². The molecule has 21 heavy (non-hydrogen) atoms. The van der Waals surface area contributed by atoms with Gasteiger partial charge in [0.25, 0.3) is 0 Å². The second-order valence-electron chi connectivity index (χ2n) is 5.51. The Kier molecular flexibility index (Phi) is 5.62. The third-order valence-electron chi connectivity index (χ3n) is 3.94. The van der Waals surface area contributed by atoms with Gasteiger partial charge in [-0.1, -0.05) is 19.1 Å². The lowest BCUT2D eigenvalue weighted by atomic mass is 9.87. The second-order valence-corrected chi connectivity index (χ2v) is 5.51. The minimum atomic E-state index is -0.578. The van der Waals surface area contributed by atoms with Crippen LogP contribution in [0.15, 0.2) is 18.2 Å². The maximum atomic E-state index is 11.5. The molecule has 4 nitrogen and oxygen atoms in total. The van der Waals surface area contributed by atoms with Crippen LogP contribution >= 0.6 is 0 Å². The van der Waals surface area contributed by atoms with Gasteiger partial charge >= 0.3 is 5.97 Å². The van der Waals surface area contributed by atoms with Crippen molar-refractivity contribution in [1.82, 2.24) is 5.32 Å². The first-order chi connectivity index (χ1) is 10.2. The van der Waals surface area contributed by atoms with Crippen molar-refractivity contribution in [3.63, 3.8) is 0 Å². The molecule has 0 aliphatic heterocycles. The molecule has 0 amide bonds. The van der Waals surface area contributed by atoms with Gasteiger partial charge in [-0.15, -0.1) is 0 Å². The molecule has 1 N–H and O–H groups in total. The van der Waals surface area contributed by atoms with Crippen LogP contribution in [0.2, 0.25) is 0 Å². The molecule has 1 aromatic carbocycles. The smallest absolute Gasteiger partial charge is 0.346 e. The van der Waals surface area contributed by atoms with Gasteiger partial charge in [-0.05, 0) is 56.3 Å². The van der Waals surface area contributed by atoms with E-state index >= 15 is 0 Å². The molecule has 0 spiro atoms. The molecule has 1 aliphatic rings. The summed E-state index contributed by atoms with van der Waals surface area (Å²) in [6.07, 6.45) is 3.85. The number of benzene rings is 1. The van der Waals surface area contributed by atoms with E-state index in [1.807, 2.05) is 12.1 Å². The summed E-state index contributed by atoms with van der Waals surface area (Å²) in [5.41, 5.74) is 2.54. The number of esters is 1. The number of carbonyl (C=O) groups is 1. The highest BCUT2D eigenvalue weighted by molar-refractivity contribution is 5.74. The summed E-state index contributed by atoms with van der Waals surface area (Å²) >= 11 is 0. The Morgan fingerprint density at radius 2 is 2.29 bits per heavy atom. The lowest BCUT2D eigenvalue weighted by Gasteiger charge is -2.28. The molecule has 0 bridgehead atoms. The number of hydrogen-bond acceptors (Lipinski definition) is 4. The molecule has 2 rings (SSSR count). The van der Waals surface area contributed by atoms with E-state index < -0.39 is 6.10 Å². The molecule has 1 aliphatic carbocycles. The number of fused-ring (bicyclic) bond motifs is 1. The van der Waals surface area contributed by atoms with E-state index in [0.717, 1.165) is 38.0 Å². The SMILES string of the molecule is CCCNC1CCCc2c(OC(C)C(=O)OC)cccc21. The van der Waals surface area contributed by atoms with Crippen molar-refractivity contribution in [2.45, 2.75) is 51.7 Å². The standard InChI is InChI=1S/C17H25NO3/c1-4-11-18-15-9-5-8-14-13(15)7-6-10-16(14)21-12(2)17(19)20-3/h6-7,10,12,15,18H,4-5,8-9,11H2,1-3H3. The highest BCUT2D eigenvalue weighted by atomic mass is 16.6. The van der Waals surface area contributed by atoms with Gasteiger partial charge < -0.3 is 14.8 Å². The summed E-state index contributed by atoms with van der Waals surface area (Å²) in [5.74, 6) is 0.470. The van der Waals surface area contributed by atoms with Crippen LogP contribution in [0.25, 0.3) is 0 Å². The van der Waals surface area contributed by atoms with Crippen LogP contribution in [0.5, 0.6) is 5.75 Å². The fraction of sp³-hybridized carbons (Fsp3) is 0.588. The van der Waals surface area contributed by atoms with Crippen LogP contribution in [0, 0.1) is 0 Å². The van der Waals surface area contributed by atoms with Crippen molar-refractivity contribution >= 4 is 5.97 Å². The average molecular weight is 291 g/mol. The molecule has 0 heterocycles. The molecule has 2 atom stereocenters. The minimum Gasteiger partial charge on any atom is -0.479 e. The Bertz CT molecular complexity index is 487. The summed E-state index contributed by atoms with van der Waals surface area (Å²) in [6.45, 7) is 4.92. The number of hydrogen-bond donors (Lipinski definition) is 1. The molecular formula is C17H25NO3. The third kappa shape index (κ3) is 3.76. The monoisotopic (exact) mass is 291 g/mol. The summed E-state index contributed by atoms with van der Waals surface area (Å²) in [4.78, 5) is 11.5. The summed E-state index contributed by atoms with van der Waals surface area (Å²) in [5, 5.41) is 3.59. The zero-order valence-corrected chi connectivity index (χ0v) is 13.1. The second kappa shape index (κ2) is 7.46. The van der Waals surface area contributed by atoms with E-state index in [4.69, 9.17) is 9.47 Å². The lowest BCUT2D eigenvalue weighted by molar-refractivity contribution is -0.147. The molecule has 4 heteroatoms. The molecular weight excluding hydrogens is 266 g/mol. The molecule has 0 saturated heterocycles. The molecule has 0 saturated carbocycles. The van der Waals surface area contributed by atoms with Gasteiger partial charge in [-0.25, -0.2) is 4.79 Å². The molecule has 0 radical (unpaired) electrons. The van der Waals surface area contributed by atoms with Crippen LogP contribution in [0.1, 0.15) is 50.3 Å². The molecule has 2 unspecified atom stereocenters. The van der Waals surface area contributed by atoms with Crippen LogP contribution in [-0.2, 0) is 16.0 Å². The Morgan fingerprint density at radius 3 is 3.00 bits per heavy atom. The van der Waals surface area contributed by atoms with Gasteiger partial charge in [-0.2, -0.15) is 0 Å². The molecule has 0 fully saturated rings. The fourth-order valence-corrected chi connectivity index (χ4v) is 2.86. The Balaban J connectivity index is 2.19. The Morgan fingerprint density at radius 1 is 1.48 bits per heavy atom. The van der Waals surface area contributed by atoms with Crippen molar-refractivity contribution in [3.05, 3.63) is 29.3 Å². The van der Waals surface area contributed by atoms with E-state index in [-0.39, 0.29) is 5.97 Å². The van der Waals surface area contributed by atoms with Gasteiger partial charge in [0.2, 0.25) is 0 Å². The summed E-state index contributed by atoms with van der Waals surface area (Å²) < 4.78 is 10.5. The third-order valence-corrected chi connectivity index (χ3v) is 3.94. The minimum absolute atomic E-state index is 0.343. The highest BCUT2D eigenvalue weighted by Crippen LogP contribution is 2.35. The first-order valence-corrected chi connectivity index (χ1v) is 7.77. The normalized spacial score (nSPS) is 18.7. The van der Waals surface area contributed by atoms with E-state index in [1.54, 1.807) is 6.92 Å². The number of ether oxygens (including phenoxy) is 2. The average Bonchev–Trinajstić information content (AvgIpc) is 2.52. The first-order valence-electron chi connectivity index (χ1n) is 7.77. The Labute approximate surface area is 126 Å². The molecule has 1 aromatic rings. The Hall–Kier alpha value is -1.55. The van der Waals surface area contributed by atoms with E-state index in [2.05, 4.69) is 18.3 Å². The topological polar surface area (TPSA) is 47.6 Å². The van der Waals surface area contributed by atoms with Crippen molar-refractivity contribution < 1.29 is 14.3 Å². The number of methoxy groups -OCH3 is 1. The predicted molar refractivity (Wildman–Crippen MR) is 82.5 cm³/mol. The zero-order valence-electron chi connectivity index (χ0n) is 13.1. The fourth-order valence-electron chi connectivity index (χ4n) is 2.86. The van der Waals surface area contributed by atoms with Gasteiger partial charge in [0.1, 0.15) is 5.75 Å².